The molecule has 1 fully saturated rings. The Kier molecular flexibility index (Phi) is 4.24. The molecule has 106 valence electrons. The van der Waals surface area contributed by atoms with Gasteiger partial charge in [-0.2, -0.15) is 4.99 Å². The van der Waals surface area contributed by atoms with Crippen LogP contribution in [0.15, 0.2) is 29.3 Å². The molecule has 0 saturated carbocycles. The molecule has 2 N–H and O–H groups in total. The minimum Gasteiger partial charge on any atom is -0.331 e. The zero-order chi connectivity index (χ0) is 14.7. The molecule has 1 aromatic rings. The van der Waals surface area contributed by atoms with Crippen LogP contribution >= 0.6 is 11.6 Å². The van der Waals surface area contributed by atoms with Crippen LogP contribution in [0.4, 0.5) is 10.5 Å². The van der Waals surface area contributed by atoms with Crippen molar-refractivity contribution >= 4 is 35.2 Å². The third kappa shape index (κ3) is 3.08. The number of carbonyl (C=O) groups is 2. The zero-order valence-corrected chi connectivity index (χ0v) is 11.9. The molecule has 0 radical (unpaired) electrons. The van der Waals surface area contributed by atoms with Crippen molar-refractivity contribution in [1.82, 2.24) is 10.2 Å². The highest BCUT2D eigenvalue weighted by molar-refractivity contribution is 6.30. The number of benzene rings is 1. The summed E-state index contributed by atoms with van der Waals surface area (Å²) in [7, 11) is 0. The van der Waals surface area contributed by atoms with Gasteiger partial charge in [0.2, 0.25) is 11.9 Å². The SMILES string of the molecule is CCN1C(=NC(=O)Nc2cccc(Cl)c2)NC(=O)C1C. The number of guanidine groups is 1. The van der Waals surface area contributed by atoms with Crippen LogP contribution in [0.2, 0.25) is 5.02 Å². The van der Waals surface area contributed by atoms with Crippen LogP contribution in [-0.4, -0.2) is 35.4 Å². The fraction of sp³-hybridized carbons (Fsp3) is 0.308. The molecular formula is C13H15ClN4O2. The molecule has 1 saturated heterocycles. The van der Waals surface area contributed by atoms with Gasteiger partial charge < -0.3 is 10.2 Å². The highest BCUT2D eigenvalue weighted by atomic mass is 35.5. The molecule has 1 aromatic carbocycles. The molecule has 1 aliphatic rings. The maximum atomic E-state index is 11.8. The molecule has 1 aliphatic heterocycles. The van der Waals surface area contributed by atoms with E-state index >= 15 is 0 Å². The second kappa shape index (κ2) is 5.92. The minimum atomic E-state index is -0.560. The Hall–Kier alpha value is -2.08. The number of urea groups is 1. The summed E-state index contributed by atoms with van der Waals surface area (Å²) in [4.78, 5) is 29.0. The molecule has 0 aliphatic carbocycles. The number of nitrogens with one attached hydrogen (secondary N) is 2. The Bertz CT molecular complexity index is 573. The van der Waals surface area contributed by atoms with Crippen LogP contribution in [0.25, 0.3) is 0 Å². The Morgan fingerprint density at radius 1 is 1.55 bits per heavy atom. The first kappa shape index (κ1) is 14.3. The fourth-order valence-electron chi connectivity index (χ4n) is 1.94. The average Bonchev–Trinajstić information content (AvgIpc) is 2.64. The number of aliphatic imine (C=N–C) groups is 1. The van der Waals surface area contributed by atoms with Crippen molar-refractivity contribution in [2.75, 3.05) is 11.9 Å². The highest BCUT2D eigenvalue weighted by Gasteiger charge is 2.32. The molecule has 1 atom stereocenters. The van der Waals surface area contributed by atoms with Crippen molar-refractivity contribution in [2.24, 2.45) is 4.99 Å². The summed E-state index contributed by atoms with van der Waals surface area (Å²) in [5.41, 5.74) is 0.548. The number of amides is 3. The van der Waals surface area contributed by atoms with Crippen molar-refractivity contribution in [3.8, 4) is 0 Å². The number of likely N-dealkylation sites (N-methyl/N-ethyl adjacent to an activating group) is 1. The van der Waals surface area contributed by atoms with Gasteiger partial charge in [-0.05, 0) is 32.0 Å². The van der Waals surface area contributed by atoms with E-state index in [0.717, 1.165) is 0 Å². The van der Waals surface area contributed by atoms with E-state index in [1.54, 1.807) is 36.1 Å². The van der Waals surface area contributed by atoms with Gasteiger partial charge >= 0.3 is 6.03 Å². The Balaban J connectivity index is 2.10. The van der Waals surface area contributed by atoms with Crippen LogP contribution in [0.3, 0.4) is 0 Å². The summed E-state index contributed by atoms with van der Waals surface area (Å²) in [5.74, 6) is 0.102. The largest absolute Gasteiger partial charge is 0.348 e. The normalized spacial score (nSPS) is 20.1. The Labute approximate surface area is 121 Å². The Morgan fingerprint density at radius 2 is 2.30 bits per heavy atom. The predicted octanol–water partition coefficient (Wildman–Crippen LogP) is 2.07. The van der Waals surface area contributed by atoms with Crippen LogP contribution in [-0.2, 0) is 4.79 Å². The standard InChI is InChI=1S/C13H15ClN4O2/c1-3-18-8(2)11(19)16-12(18)17-13(20)15-10-6-4-5-9(14)7-10/h4-8H,3H2,1-2H3,(H2,15,16,17,19,20). The van der Waals surface area contributed by atoms with Crippen molar-refractivity contribution in [3.63, 3.8) is 0 Å². The molecule has 20 heavy (non-hydrogen) atoms. The summed E-state index contributed by atoms with van der Waals surface area (Å²) >= 11 is 5.83. The van der Waals surface area contributed by atoms with E-state index in [4.69, 9.17) is 11.6 Å². The smallest absolute Gasteiger partial charge is 0.331 e. The maximum absolute atomic E-state index is 11.8. The summed E-state index contributed by atoms with van der Waals surface area (Å²) in [6.07, 6.45) is 0. The van der Waals surface area contributed by atoms with Gasteiger partial charge in [-0.1, -0.05) is 17.7 Å². The number of hydrogen-bond acceptors (Lipinski definition) is 2. The van der Waals surface area contributed by atoms with E-state index in [0.29, 0.717) is 17.3 Å². The number of halogens is 1. The first-order valence-corrected chi connectivity index (χ1v) is 6.61. The molecule has 1 unspecified atom stereocenters. The lowest BCUT2D eigenvalue weighted by Gasteiger charge is -2.18. The van der Waals surface area contributed by atoms with Crippen LogP contribution in [0, 0.1) is 0 Å². The van der Waals surface area contributed by atoms with Crippen molar-refractivity contribution in [3.05, 3.63) is 29.3 Å². The number of hydrogen-bond donors (Lipinski definition) is 2. The summed E-state index contributed by atoms with van der Waals surface area (Å²) in [5, 5.41) is 5.70. The predicted molar refractivity (Wildman–Crippen MR) is 77.9 cm³/mol. The minimum absolute atomic E-state index is 0.166. The van der Waals surface area contributed by atoms with Crippen LogP contribution in [0.5, 0.6) is 0 Å². The first-order chi connectivity index (χ1) is 9.51. The van der Waals surface area contributed by atoms with E-state index in [-0.39, 0.29) is 17.9 Å². The van der Waals surface area contributed by atoms with Gasteiger partial charge in [-0.15, -0.1) is 0 Å². The van der Waals surface area contributed by atoms with Crippen LogP contribution in [0.1, 0.15) is 13.8 Å². The molecule has 2 rings (SSSR count). The van der Waals surface area contributed by atoms with E-state index in [1.165, 1.54) is 0 Å². The first-order valence-electron chi connectivity index (χ1n) is 6.24. The average molecular weight is 295 g/mol. The lowest BCUT2D eigenvalue weighted by atomic mass is 10.3. The summed E-state index contributed by atoms with van der Waals surface area (Å²) in [6, 6.07) is 5.88. The molecule has 7 heteroatoms. The van der Waals surface area contributed by atoms with Gasteiger partial charge in [0, 0.05) is 17.3 Å². The topological polar surface area (TPSA) is 73.8 Å². The van der Waals surface area contributed by atoms with Gasteiger partial charge in [-0.3, -0.25) is 10.1 Å². The third-order valence-corrected chi connectivity index (χ3v) is 3.21. The summed E-state index contributed by atoms with van der Waals surface area (Å²) < 4.78 is 0. The molecule has 0 spiro atoms. The van der Waals surface area contributed by atoms with Gasteiger partial charge in [0.05, 0.1) is 0 Å². The van der Waals surface area contributed by atoms with E-state index < -0.39 is 6.03 Å². The number of rotatable bonds is 2. The molecule has 0 aromatic heterocycles. The second-order valence-corrected chi connectivity index (χ2v) is 4.76. The van der Waals surface area contributed by atoms with Crippen molar-refractivity contribution < 1.29 is 9.59 Å². The monoisotopic (exact) mass is 294 g/mol. The summed E-state index contributed by atoms with van der Waals surface area (Å²) in [6.45, 7) is 4.24. The number of carbonyl (C=O) groups excluding carboxylic acids is 2. The third-order valence-electron chi connectivity index (χ3n) is 2.98. The second-order valence-electron chi connectivity index (χ2n) is 4.33. The van der Waals surface area contributed by atoms with E-state index in [2.05, 4.69) is 15.6 Å². The maximum Gasteiger partial charge on any atom is 0.348 e. The van der Waals surface area contributed by atoms with Crippen molar-refractivity contribution in [1.29, 1.82) is 0 Å². The van der Waals surface area contributed by atoms with Gasteiger partial charge in [0.15, 0.2) is 0 Å². The molecule has 3 amide bonds. The highest BCUT2D eigenvalue weighted by Crippen LogP contribution is 2.15. The van der Waals surface area contributed by atoms with E-state index in [1.807, 2.05) is 6.92 Å². The lowest BCUT2D eigenvalue weighted by Crippen LogP contribution is -2.34. The van der Waals surface area contributed by atoms with Crippen molar-refractivity contribution in [2.45, 2.75) is 19.9 Å². The van der Waals surface area contributed by atoms with Gasteiger partial charge in [-0.25, -0.2) is 4.79 Å². The van der Waals surface area contributed by atoms with Gasteiger partial charge in [0.1, 0.15) is 6.04 Å². The lowest BCUT2D eigenvalue weighted by molar-refractivity contribution is -0.120. The molecular weight excluding hydrogens is 280 g/mol. The number of nitrogens with zero attached hydrogens (tertiary/aromatic N) is 2. The number of anilines is 1. The fourth-order valence-corrected chi connectivity index (χ4v) is 2.13. The molecule has 6 nitrogen and oxygen atoms in total. The van der Waals surface area contributed by atoms with E-state index in [9.17, 15) is 9.59 Å². The molecule has 0 bridgehead atoms. The zero-order valence-electron chi connectivity index (χ0n) is 11.2. The Morgan fingerprint density at radius 3 is 2.95 bits per heavy atom. The van der Waals surface area contributed by atoms with Gasteiger partial charge in [0.25, 0.3) is 0 Å². The molecule has 1 heterocycles. The van der Waals surface area contributed by atoms with Crippen LogP contribution < -0.4 is 10.6 Å². The quantitative estimate of drug-likeness (QED) is 0.877.